The Labute approximate surface area is 77.9 Å². The van der Waals surface area contributed by atoms with Crippen molar-refractivity contribution in [3.05, 3.63) is 0 Å². The van der Waals surface area contributed by atoms with E-state index in [1.165, 1.54) is 19.3 Å². The molecule has 0 atom stereocenters. The van der Waals surface area contributed by atoms with Crippen molar-refractivity contribution in [2.45, 2.75) is 59.4 Å². The second-order valence-electron chi connectivity index (χ2n) is 4.65. The molecule has 74 valence electrons. The van der Waals surface area contributed by atoms with E-state index in [-0.39, 0.29) is 5.54 Å². The van der Waals surface area contributed by atoms with Crippen molar-refractivity contribution in [1.29, 1.82) is 0 Å². The molecule has 0 heterocycles. The summed E-state index contributed by atoms with van der Waals surface area (Å²) in [4.78, 5) is 0. The van der Waals surface area contributed by atoms with Crippen molar-refractivity contribution in [1.82, 2.24) is 5.32 Å². The van der Waals surface area contributed by atoms with Crippen LogP contribution in [-0.2, 0) is 0 Å². The molecule has 1 N–H and O–H groups in total. The molecule has 0 aliphatic carbocycles. The predicted molar refractivity (Wildman–Crippen MR) is 56.4 cm³/mol. The molecule has 0 aromatic carbocycles. The van der Waals surface area contributed by atoms with Crippen LogP contribution in [-0.4, -0.2) is 12.1 Å². The minimum atomic E-state index is 0.284. The van der Waals surface area contributed by atoms with Gasteiger partial charge in [-0.2, -0.15) is 0 Å². The molecule has 0 saturated heterocycles. The third-order valence-corrected chi connectivity index (χ3v) is 2.36. The van der Waals surface area contributed by atoms with Crippen LogP contribution in [0.2, 0.25) is 0 Å². The quantitative estimate of drug-likeness (QED) is 0.670. The van der Waals surface area contributed by atoms with Crippen LogP contribution in [0.25, 0.3) is 0 Å². The predicted octanol–water partition coefficient (Wildman–Crippen LogP) is 3.20. The molecular weight excluding hydrogens is 146 g/mol. The fourth-order valence-corrected chi connectivity index (χ4v) is 1.35. The number of hydrogen-bond donors (Lipinski definition) is 1. The van der Waals surface area contributed by atoms with Crippen LogP contribution in [0.5, 0.6) is 0 Å². The van der Waals surface area contributed by atoms with Crippen molar-refractivity contribution < 1.29 is 0 Å². The molecule has 12 heavy (non-hydrogen) atoms. The first-order valence-corrected chi connectivity index (χ1v) is 5.24. The molecule has 1 nitrogen and oxygen atoms in total. The minimum absolute atomic E-state index is 0.284. The first-order chi connectivity index (χ1) is 5.49. The molecule has 0 unspecified atom stereocenters. The monoisotopic (exact) mass is 171 g/mol. The Balaban J connectivity index is 3.41. The summed E-state index contributed by atoms with van der Waals surface area (Å²) in [6.07, 6.45) is 3.97. The first kappa shape index (κ1) is 12.0. The van der Waals surface area contributed by atoms with E-state index in [1.807, 2.05) is 0 Å². The summed E-state index contributed by atoms with van der Waals surface area (Å²) in [7, 11) is 0. The van der Waals surface area contributed by atoms with Gasteiger partial charge in [0.2, 0.25) is 0 Å². The molecule has 0 spiro atoms. The van der Waals surface area contributed by atoms with Crippen LogP contribution in [0.4, 0.5) is 0 Å². The molecular formula is C11H25N. The van der Waals surface area contributed by atoms with E-state index >= 15 is 0 Å². The van der Waals surface area contributed by atoms with E-state index < -0.39 is 0 Å². The fourth-order valence-electron chi connectivity index (χ4n) is 1.35. The third-order valence-electron chi connectivity index (χ3n) is 2.36. The molecule has 0 aromatic heterocycles. The highest BCUT2D eigenvalue weighted by molar-refractivity contribution is 4.70. The smallest absolute Gasteiger partial charge is 0.00965 e. The van der Waals surface area contributed by atoms with Gasteiger partial charge >= 0.3 is 0 Å². The van der Waals surface area contributed by atoms with Crippen molar-refractivity contribution in [2.75, 3.05) is 6.54 Å². The molecule has 0 saturated carbocycles. The Morgan fingerprint density at radius 1 is 1.08 bits per heavy atom. The highest BCUT2D eigenvalue weighted by Crippen LogP contribution is 2.11. The van der Waals surface area contributed by atoms with Crippen molar-refractivity contribution in [3.63, 3.8) is 0 Å². The Morgan fingerprint density at radius 2 is 1.58 bits per heavy atom. The van der Waals surface area contributed by atoms with Crippen LogP contribution >= 0.6 is 0 Å². The van der Waals surface area contributed by atoms with Gasteiger partial charge in [0.15, 0.2) is 0 Å². The summed E-state index contributed by atoms with van der Waals surface area (Å²) in [5.74, 6) is 0.917. The maximum atomic E-state index is 3.52. The summed E-state index contributed by atoms with van der Waals surface area (Å²) >= 11 is 0. The maximum absolute atomic E-state index is 3.52. The molecule has 0 radical (unpaired) electrons. The average Bonchev–Trinajstić information content (AvgIpc) is 1.96. The van der Waals surface area contributed by atoms with E-state index in [4.69, 9.17) is 0 Å². The lowest BCUT2D eigenvalue weighted by Gasteiger charge is -2.22. The van der Waals surface area contributed by atoms with Gasteiger partial charge in [0.25, 0.3) is 0 Å². The largest absolute Gasteiger partial charge is 0.312 e. The number of rotatable bonds is 5. The number of nitrogens with one attached hydrogen (secondary N) is 1. The van der Waals surface area contributed by atoms with Gasteiger partial charge in [-0.1, -0.05) is 26.7 Å². The Morgan fingerprint density at radius 3 is 1.92 bits per heavy atom. The van der Waals surface area contributed by atoms with E-state index in [9.17, 15) is 0 Å². The lowest BCUT2D eigenvalue weighted by atomic mass is 9.99. The molecule has 0 rings (SSSR count). The molecule has 0 aliphatic heterocycles. The summed E-state index contributed by atoms with van der Waals surface area (Å²) in [5, 5.41) is 3.52. The zero-order valence-corrected chi connectivity index (χ0v) is 9.41. The van der Waals surface area contributed by atoms with Gasteiger partial charge in [-0.25, -0.2) is 0 Å². The molecule has 0 bridgehead atoms. The number of hydrogen-bond acceptors (Lipinski definition) is 1. The van der Waals surface area contributed by atoms with Gasteiger partial charge < -0.3 is 5.32 Å². The van der Waals surface area contributed by atoms with Crippen molar-refractivity contribution >= 4 is 0 Å². The van der Waals surface area contributed by atoms with Crippen LogP contribution in [0, 0.1) is 5.92 Å². The van der Waals surface area contributed by atoms with Gasteiger partial charge in [0.05, 0.1) is 0 Å². The van der Waals surface area contributed by atoms with Crippen molar-refractivity contribution in [3.8, 4) is 0 Å². The molecule has 0 aliphatic rings. The van der Waals surface area contributed by atoms with Gasteiger partial charge in [0, 0.05) is 5.54 Å². The Hall–Kier alpha value is -0.0400. The fraction of sp³-hybridized carbons (Fsp3) is 1.00. The molecule has 0 fully saturated rings. The summed E-state index contributed by atoms with van der Waals surface area (Å²) < 4.78 is 0. The summed E-state index contributed by atoms with van der Waals surface area (Å²) in [6, 6.07) is 0. The Bertz CT molecular complexity index is 98.1. The van der Waals surface area contributed by atoms with Gasteiger partial charge in [-0.05, 0) is 39.7 Å². The van der Waals surface area contributed by atoms with E-state index in [2.05, 4.69) is 39.9 Å². The topological polar surface area (TPSA) is 12.0 Å². The van der Waals surface area contributed by atoms with Gasteiger partial charge in [-0.3, -0.25) is 0 Å². The molecule has 0 amide bonds. The van der Waals surface area contributed by atoms with Gasteiger partial charge in [0.1, 0.15) is 0 Å². The lowest BCUT2D eigenvalue weighted by Crippen LogP contribution is -2.36. The lowest BCUT2D eigenvalue weighted by molar-refractivity contribution is 0.374. The first-order valence-electron chi connectivity index (χ1n) is 5.24. The summed E-state index contributed by atoms with van der Waals surface area (Å²) in [5.41, 5.74) is 0.284. The maximum Gasteiger partial charge on any atom is 0.00965 e. The highest BCUT2D eigenvalue weighted by atomic mass is 14.9. The zero-order chi connectivity index (χ0) is 9.61. The van der Waals surface area contributed by atoms with E-state index in [1.54, 1.807) is 0 Å². The van der Waals surface area contributed by atoms with Crippen LogP contribution in [0.3, 0.4) is 0 Å². The Kier molecular flexibility index (Phi) is 5.56. The molecule has 0 aromatic rings. The average molecular weight is 171 g/mol. The molecule has 1 heteroatoms. The van der Waals surface area contributed by atoms with E-state index in [0.29, 0.717) is 0 Å². The second-order valence-corrected chi connectivity index (χ2v) is 4.65. The second kappa shape index (κ2) is 5.58. The summed E-state index contributed by atoms with van der Waals surface area (Å²) in [6.45, 7) is 12.4. The van der Waals surface area contributed by atoms with Gasteiger partial charge in [-0.15, -0.1) is 0 Å². The normalized spacial score (nSPS) is 12.5. The van der Waals surface area contributed by atoms with Crippen LogP contribution < -0.4 is 5.32 Å². The van der Waals surface area contributed by atoms with E-state index in [0.717, 1.165) is 12.5 Å². The zero-order valence-electron chi connectivity index (χ0n) is 9.41. The van der Waals surface area contributed by atoms with Crippen LogP contribution in [0.15, 0.2) is 0 Å². The van der Waals surface area contributed by atoms with Crippen molar-refractivity contribution in [2.24, 2.45) is 5.92 Å². The van der Waals surface area contributed by atoms with Crippen LogP contribution in [0.1, 0.15) is 53.9 Å². The third kappa shape index (κ3) is 6.66. The minimum Gasteiger partial charge on any atom is -0.312 e. The SMILES string of the molecule is CCC(CC)CCNC(C)(C)C. The highest BCUT2D eigenvalue weighted by Gasteiger charge is 2.09. The standard InChI is InChI=1S/C11H25N/c1-6-10(7-2)8-9-12-11(3,4)5/h10,12H,6-9H2,1-5H3.